The number of fused-ring (bicyclic) bond motifs is 1. The maximum absolute atomic E-state index is 5.83. The molecule has 1 aromatic carbocycles. The van der Waals surface area contributed by atoms with Crippen LogP contribution in [0.25, 0.3) is 0 Å². The minimum Gasteiger partial charge on any atom is -0.378 e. The molecule has 1 aromatic rings. The van der Waals surface area contributed by atoms with Crippen LogP contribution in [0.2, 0.25) is 0 Å². The van der Waals surface area contributed by atoms with Crippen LogP contribution in [0, 0.1) is 5.41 Å². The van der Waals surface area contributed by atoms with Gasteiger partial charge in [0.05, 0.1) is 6.10 Å². The molecule has 0 heterocycles. The molecule has 3 heteroatoms. The van der Waals surface area contributed by atoms with Crippen LogP contribution in [-0.4, -0.2) is 18.8 Å². The van der Waals surface area contributed by atoms with Crippen LogP contribution in [0.1, 0.15) is 50.8 Å². The van der Waals surface area contributed by atoms with E-state index in [1.165, 1.54) is 28.4 Å². The van der Waals surface area contributed by atoms with Crippen molar-refractivity contribution >= 4 is 15.9 Å². The highest BCUT2D eigenvalue weighted by atomic mass is 79.9. The van der Waals surface area contributed by atoms with Gasteiger partial charge in [-0.05, 0) is 49.4 Å². The molecular weight excluding hydrogens is 314 g/mol. The molecule has 0 aliphatic heterocycles. The van der Waals surface area contributed by atoms with E-state index in [4.69, 9.17) is 4.74 Å². The summed E-state index contributed by atoms with van der Waals surface area (Å²) in [6.07, 6.45) is 3.96. The molecule has 0 saturated heterocycles. The molecule has 3 rings (SSSR count). The Morgan fingerprint density at radius 3 is 2.90 bits per heavy atom. The van der Waals surface area contributed by atoms with Crippen LogP contribution in [-0.2, 0) is 11.2 Å². The fourth-order valence-electron chi connectivity index (χ4n) is 3.65. The second kappa shape index (κ2) is 5.43. The summed E-state index contributed by atoms with van der Waals surface area (Å²) in [5.74, 6) is 0. The van der Waals surface area contributed by atoms with E-state index in [1.807, 2.05) is 0 Å². The van der Waals surface area contributed by atoms with Crippen LogP contribution < -0.4 is 5.32 Å². The largest absolute Gasteiger partial charge is 0.378 e. The molecule has 110 valence electrons. The molecule has 1 saturated carbocycles. The molecule has 0 spiro atoms. The number of nitrogens with one attached hydrogen (secondary N) is 1. The minimum atomic E-state index is 0.244. The van der Waals surface area contributed by atoms with Gasteiger partial charge in [0.2, 0.25) is 0 Å². The lowest BCUT2D eigenvalue weighted by Gasteiger charge is -2.52. The normalized spacial score (nSPS) is 30.9. The smallest absolute Gasteiger partial charge is 0.0655 e. The van der Waals surface area contributed by atoms with Crippen molar-refractivity contribution in [3.63, 3.8) is 0 Å². The van der Waals surface area contributed by atoms with E-state index in [0.29, 0.717) is 18.2 Å². The van der Waals surface area contributed by atoms with Crippen molar-refractivity contribution < 1.29 is 4.74 Å². The average molecular weight is 338 g/mol. The van der Waals surface area contributed by atoms with Crippen molar-refractivity contribution in [1.82, 2.24) is 5.32 Å². The molecule has 2 nitrogen and oxygen atoms in total. The van der Waals surface area contributed by atoms with E-state index in [0.717, 1.165) is 13.0 Å². The third kappa shape index (κ3) is 2.44. The predicted molar refractivity (Wildman–Crippen MR) is 85.9 cm³/mol. The summed E-state index contributed by atoms with van der Waals surface area (Å²) in [7, 11) is 0. The standard InChI is InChI=1S/C17H24BrNO/c1-4-20-16-10-15(17(16,2)3)19-14-8-5-11-9-12(18)6-7-13(11)14/h6-7,9,14-16,19H,4-5,8,10H2,1-3H3. The Labute approximate surface area is 130 Å². The zero-order chi connectivity index (χ0) is 14.3. The molecule has 0 radical (unpaired) electrons. The van der Waals surface area contributed by atoms with E-state index in [2.05, 4.69) is 60.2 Å². The third-order valence-corrected chi connectivity index (χ3v) is 5.62. The Hall–Kier alpha value is -0.380. The van der Waals surface area contributed by atoms with Gasteiger partial charge in [-0.2, -0.15) is 0 Å². The van der Waals surface area contributed by atoms with Crippen molar-refractivity contribution in [2.45, 2.75) is 58.2 Å². The fourth-order valence-corrected chi connectivity index (χ4v) is 4.06. The van der Waals surface area contributed by atoms with Gasteiger partial charge in [-0.3, -0.25) is 0 Å². The molecule has 20 heavy (non-hydrogen) atoms. The van der Waals surface area contributed by atoms with Gasteiger partial charge in [0.1, 0.15) is 0 Å². The predicted octanol–water partition coefficient (Wildman–Crippen LogP) is 4.23. The van der Waals surface area contributed by atoms with Crippen molar-refractivity contribution in [1.29, 1.82) is 0 Å². The SMILES string of the molecule is CCOC1CC(NC2CCc3cc(Br)ccc32)C1(C)C. The van der Waals surface area contributed by atoms with Gasteiger partial charge in [-0.1, -0.05) is 35.8 Å². The van der Waals surface area contributed by atoms with Gasteiger partial charge in [0.15, 0.2) is 0 Å². The lowest BCUT2D eigenvalue weighted by molar-refractivity contribution is -0.116. The van der Waals surface area contributed by atoms with E-state index < -0.39 is 0 Å². The Kier molecular flexibility index (Phi) is 3.95. The van der Waals surface area contributed by atoms with Crippen LogP contribution in [0.5, 0.6) is 0 Å². The van der Waals surface area contributed by atoms with Crippen LogP contribution in [0.15, 0.2) is 22.7 Å². The molecule has 1 N–H and O–H groups in total. The Morgan fingerprint density at radius 1 is 1.40 bits per heavy atom. The van der Waals surface area contributed by atoms with Crippen molar-refractivity contribution in [2.24, 2.45) is 5.41 Å². The molecular formula is C17H24BrNO. The van der Waals surface area contributed by atoms with Crippen molar-refractivity contribution in [3.05, 3.63) is 33.8 Å². The Balaban J connectivity index is 1.67. The molecule has 0 bridgehead atoms. The van der Waals surface area contributed by atoms with Crippen molar-refractivity contribution in [2.75, 3.05) is 6.61 Å². The number of benzene rings is 1. The van der Waals surface area contributed by atoms with Crippen LogP contribution in [0.3, 0.4) is 0 Å². The summed E-state index contributed by atoms with van der Waals surface area (Å²) in [4.78, 5) is 0. The highest BCUT2D eigenvalue weighted by Gasteiger charge is 2.49. The molecule has 3 unspecified atom stereocenters. The number of halogens is 1. The van der Waals surface area contributed by atoms with Gasteiger partial charge in [0.25, 0.3) is 0 Å². The summed E-state index contributed by atoms with van der Waals surface area (Å²) in [6.45, 7) is 7.56. The molecule has 0 amide bonds. The van der Waals surface area contributed by atoms with Gasteiger partial charge in [-0.25, -0.2) is 0 Å². The monoisotopic (exact) mass is 337 g/mol. The van der Waals surface area contributed by atoms with Gasteiger partial charge in [0, 0.05) is 28.6 Å². The number of ether oxygens (including phenoxy) is 1. The molecule has 3 atom stereocenters. The summed E-state index contributed by atoms with van der Waals surface area (Å²) in [6, 6.07) is 7.79. The van der Waals surface area contributed by atoms with Gasteiger partial charge in [-0.15, -0.1) is 0 Å². The summed E-state index contributed by atoms with van der Waals surface area (Å²) < 4.78 is 7.02. The fraction of sp³-hybridized carbons (Fsp3) is 0.647. The number of hydrogen-bond donors (Lipinski definition) is 1. The second-order valence-electron chi connectivity index (χ2n) is 6.65. The maximum atomic E-state index is 5.83. The quantitative estimate of drug-likeness (QED) is 0.887. The lowest BCUT2D eigenvalue weighted by Crippen LogP contribution is -2.61. The zero-order valence-corrected chi connectivity index (χ0v) is 14.2. The highest BCUT2D eigenvalue weighted by molar-refractivity contribution is 9.10. The first-order valence-corrected chi connectivity index (χ1v) is 8.47. The molecule has 2 aliphatic rings. The number of rotatable bonds is 4. The van der Waals surface area contributed by atoms with Crippen molar-refractivity contribution in [3.8, 4) is 0 Å². The van der Waals surface area contributed by atoms with E-state index in [-0.39, 0.29) is 5.41 Å². The Morgan fingerprint density at radius 2 is 2.20 bits per heavy atom. The molecule has 0 aromatic heterocycles. The summed E-state index contributed by atoms with van der Waals surface area (Å²) in [5, 5.41) is 3.87. The average Bonchev–Trinajstić information content (AvgIpc) is 2.80. The Bertz CT molecular complexity index is 500. The van der Waals surface area contributed by atoms with Gasteiger partial charge < -0.3 is 10.1 Å². The number of hydrogen-bond acceptors (Lipinski definition) is 2. The summed E-state index contributed by atoms with van der Waals surface area (Å²) >= 11 is 3.57. The highest BCUT2D eigenvalue weighted by Crippen LogP contribution is 2.45. The zero-order valence-electron chi connectivity index (χ0n) is 12.6. The molecule has 1 fully saturated rings. The molecule has 2 aliphatic carbocycles. The second-order valence-corrected chi connectivity index (χ2v) is 7.57. The van der Waals surface area contributed by atoms with Crippen LogP contribution >= 0.6 is 15.9 Å². The summed E-state index contributed by atoms with van der Waals surface area (Å²) in [5.41, 5.74) is 3.23. The lowest BCUT2D eigenvalue weighted by atomic mass is 9.64. The third-order valence-electron chi connectivity index (χ3n) is 5.13. The topological polar surface area (TPSA) is 21.3 Å². The van der Waals surface area contributed by atoms with E-state index in [1.54, 1.807) is 0 Å². The first-order valence-electron chi connectivity index (χ1n) is 7.68. The first-order chi connectivity index (χ1) is 9.52. The van der Waals surface area contributed by atoms with Crippen LogP contribution in [0.4, 0.5) is 0 Å². The van der Waals surface area contributed by atoms with Gasteiger partial charge >= 0.3 is 0 Å². The first kappa shape index (κ1) is 14.6. The van der Waals surface area contributed by atoms with E-state index >= 15 is 0 Å². The maximum Gasteiger partial charge on any atom is 0.0655 e. The van der Waals surface area contributed by atoms with E-state index in [9.17, 15) is 0 Å². The minimum absolute atomic E-state index is 0.244. The number of aryl methyl sites for hydroxylation is 1.